The summed E-state index contributed by atoms with van der Waals surface area (Å²) >= 11 is 23.9. The average molecular weight is 567 g/mol. The molecule has 0 saturated heterocycles. The second-order valence-corrected chi connectivity index (χ2v) is 9.76. The molecule has 0 aliphatic carbocycles. The Labute approximate surface area is 229 Å². The lowest BCUT2D eigenvalue weighted by Crippen LogP contribution is -2.48. The largest absolute Gasteiger partial charge is 0.488 e. The van der Waals surface area contributed by atoms with Crippen molar-refractivity contribution in [2.24, 2.45) is 11.0 Å². The minimum Gasteiger partial charge on any atom is -0.488 e. The van der Waals surface area contributed by atoms with E-state index in [1.165, 1.54) is 24.4 Å². The molecule has 0 spiro atoms. The molecule has 0 aromatic heterocycles. The van der Waals surface area contributed by atoms with E-state index in [0.29, 0.717) is 31.9 Å². The van der Waals surface area contributed by atoms with E-state index in [1.807, 2.05) is 32.0 Å². The fourth-order valence-electron chi connectivity index (χ4n) is 3.14. The molecule has 3 aromatic rings. The van der Waals surface area contributed by atoms with Crippen molar-refractivity contribution in [1.29, 1.82) is 0 Å². The number of nitrogens with zero attached hydrogens (tertiary/aromatic N) is 1. The van der Waals surface area contributed by atoms with Crippen LogP contribution in [-0.2, 0) is 11.4 Å². The summed E-state index contributed by atoms with van der Waals surface area (Å²) in [6, 6.07) is 16.2. The fourth-order valence-corrected chi connectivity index (χ4v) is 3.76. The number of para-hydroxylation sites is 1. The zero-order valence-electron chi connectivity index (χ0n) is 19.4. The Kier molecular flexibility index (Phi) is 10.0. The summed E-state index contributed by atoms with van der Waals surface area (Å²) < 4.78 is 5.90. The van der Waals surface area contributed by atoms with Crippen LogP contribution in [0.25, 0.3) is 0 Å². The van der Waals surface area contributed by atoms with Gasteiger partial charge in [-0.2, -0.15) is 5.10 Å². The van der Waals surface area contributed by atoms with Crippen molar-refractivity contribution in [3.63, 3.8) is 0 Å². The summed E-state index contributed by atoms with van der Waals surface area (Å²) in [6.45, 7) is 3.90. The first kappa shape index (κ1) is 27.8. The third-order valence-electron chi connectivity index (χ3n) is 5.09. The number of carbonyl (C=O) groups excluding carboxylic acids is 2. The summed E-state index contributed by atoms with van der Waals surface area (Å²) in [5.41, 5.74) is 4.28. The van der Waals surface area contributed by atoms with E-state index >= 15 is 0 Å². The van der Waals surface area contributed by atoms with Crippen molar-refractivity contribution in [2.75, 3.05) is 0 Å². The summed E-state index contributed by atoms with van der Waals surface area (Å²) in [5.74, 6) is -0.556. The van der Waals surface area contributed by atoms with Crippen molar-refractivity contribution >= 4 is 64.4 Å². The molecular formula is C26H23Cl4N3O3. The summed E-state index contributed by atoms with van der Waals surface area (Å²) in [5, 5.41) is 8.27. The third kappa shape index (κ3) is 7.61. The number of nitrogens with one attached hydrogen (secondary N) is 2. The second-order valence-electron chi connectivity index (χ2n) is 8.13. The van der Waals surface area contributed by atoms with Crippen LogP contribution in [-0.4, -0.2) is 24.1 Å². The molecule has 2 amide bonds. The molecule has 36 heavy (non-hydrogen) atoms. The Morgan fingerprint density at radius 3 is 2.25 bits per heavy atom. The van der Waals surface area contributed by atoms with Gasteiger partial charge in [-0.15, -0.1) is 0 Å². The van der Waals surface area contributed by atoms with E-state index in [1.54, 1.807) is 24.3 Å². The van der Waals surface area contributed by atoms with Crippen LogP contribution >= 0.6 is 46.4 Å². The van der Waals surface area contributed by atoms with Gasteiger partial charge in [0.25, 0.3) is 11.8 Å². The molecule has 1 unspecified atom stereocenters. The molecule has 0 radical (unpaired) electrons. The molecule has 0 aliphatic heterocycles. The maximum atomic E-state index is 12.8. The van der Waals surface area contributed by atoms with Gasteiger partial charge in [0, 0.05) is 11.1 Å². The summed E-state index contributed by atoms with van der Waals surface area (Å²) in [4.78, 5) is 25.4. The average Bonchev–Trinajstić information content (AvgIpc) is 2.85. The molecule has 0 saturated carbocycles. The second kappa shape index (κ2) is 13.0. The molecule has 0 fully saturated rings. The van der Waals surface area contributed by atoms with Gasteiger partial charge in [0.1, 0.15) is 18.4 Å². The van der Waals surface area contributed by atoms with Gasteiger partial charge in [-0.3, -0.25) is 9.59 Å². The smallest absolute Gasteiger partial charge is 0.262 e. The van der Waals surface area contributed by atoms with E-state index in [4.69, 9.17) is 51.1 Å². The highest BCUT2D eigenvalue weighted by molar-refractivity contribution is 6.42. The van der Waals surface area contributed by atoms with Crippen LogP contribution in [0.3, 0.4) is 0 Å². The molecule has 188 valence electrons. The molecule has 6 nitrogen and oxygen atoms in total. The molecular weight excluding hydrogens is 544 g/mol. The van der Waals surface area contributed by atoms with Crippen LogP contribution in [0.4, 0.5) is 0 Å². The Morgan fingerprint density at radius 1 is 0.917 bits per heavy atom. The summed E-state index contributed by atoms with van der Waals surface area (Å²) in [6.07, 6.45) is 1.47. The quantitative estimate of drug-likeness (QED) is 0.221. The van der Waals surface area contributed by atoms with Crippen LogP contribution in [0.1, 0.15) is 35.3 Å². The number of hydrogen-bond acceptors (Lipinski definition) is 4. The molecule has 3 aromatic carbocycles. The van der Waals surface area contributed by atoms with Crippen LogP contribution in [0.2, 0.25) is 20.1 Å². The lowest BCUT2D eigenvalue weighted by molar-refractivity contribution is -0.123. The monoisotopic (exact) mass is 565 g/mol. The van der Waals surface area contributed by atoms with E-state index in [-0.39, 0.29) is 17.5 Å². The first-order valence-corrected chi connectivity index (χ1v) is 12.4. The van der Waals surface area contributed by atoms with Crippen LogP contribution in [0, 0.1) is 5.92 Å². The molecule has 1 atom stereocenters. The van der Waals surface area contributed by atoms with E-state index in [0.717, 1.165) is 5.56 Å². The number of rotatable bonds is 9. The van der Waals surface area contributed by atoms with Gasteiger partial charge in [-0.25, -0.2) is 5.43 Å². The highest BCUT2D eigenvalue weighted by atomic mass is 35.5. The van der Waals surface area contributed by atoms with Gasteiger partial charge < -0.3 is 10.1 Å². The molecule has 3 rings (SSSR count). The van der Waals surface area contributed by atoms with Crippen molar-refractivity contribution in [3.05, 3.63) is 97.4 Å². The lowest BCUT2D eigenvalue weighted by Gasteiger charge is -2.20. The molecule has 0 aliphatic rings. The van der Waals surface area contributed by atoms with Gasteiger partial charge in [0.15, 0.2) is 0 Å². The van der Waals surface area contributed by atoms with Crippen molar-refractivity contribution in [3.8, 4) is 5.75 Å². The topological polar surface area (TPSA) is 79.8 Å². The lowest BCUT2D eigenvalue weighted by atomic mass is 10.0. The molecule has 0 heterocycles. The number of benzene rings is 3. The zero-order chi connectivity index (χ0) is 26.2. The van der Waals surface area contributed by atoms with Gasteiger partial charge >= 0.3 is 0 Å². The highest BCUT2D eigenvalue weighted by Crippen LogP contribution is 2.25. The first-order chi connectivity index (χ1) is 17.2. The number of hydrazone groups is 1. The van der Waals surface area contributed by atoms with Gasteiger partial charge in [-0.1, -0.05) is 78.5 Å². The highest BCUT2D eigenvalue weighted by Gasteiger charge is 2.24. The summed E-state index contributed by atoms with van der Waals surface area (Å²) in [7, 11) is 0. The predicted molar refractivity (Wildman–Crippen MR) is 146 cm³/mol. The van der Waals surface area contributed by atoms with Gasteiger partial charge in [0.05, 0.1) is 26.3 Å². The third-order valence-corrected chi connectivity index (χ3v) is 6.57. The van der Waals surface area contributed by atoms with E-state index < -0.39 is 17.9 Å². The van der Waals surface area contributed by atoms with E-state index in [9.17, 15) is 9.59 Å². The number of amides is 2. The van der Waals surface area contributed by atoms with E-state index in [2.05, 4.69) is 15.8 Å². The van der Waals surface area contributed by atoms with Crippen LogP contribution in [0.5, 0.6) is 5.75 Å². The molecule has 10 heteroatoms. The minimum atomic E-state index is -0.828. The first-order valence-electron chi connectivity index (χ1n) is 10.9. The zero-order valence-corrected chi connectivity index (χ0v) is 22.4. The van der Waals surface area contributed by atoms with Crippen molar-refractivity contribution < 1.29 is 14.3 Å². The number of ether oxygens (including phenoxy) is 1. The number of hydrogen-bond donors (Lipinski definition) is 2. The maximum absolute atomic E-state index is 12.8. The Bertz CT molecular complexity index is 1280. The van der Waals surface area contributed by atoms with Gasteiger partial charge in [0.2, 0.25) is 0 Å². The number of carbonyl (C=O) groups is 2. The Hall–Kier alpha value is -2.77. The maximum Gasteiger partial charge on any atom is 0.262 e. The Morgan fingerprint density at radius 2 is 1.58 bits per heavy atom. The van der Waals surface area contributed by atoms with Gasteiger partial charge in [-0.05, 0) is 53.9 Å². The fraction of sp³-hybridized carbons (Fsp3) is 0.192. The normalized spacial score (nSPS) is 12.0. The molecule has 2 N–H and O–H groups in total. The molecule has 0 bridgehead atoms. The van der Waals surface area contributed by atoms with Crippen LogP contribution in [0.15, 0.2) is 65.8 Å². The number of halogens is 4. The Balaban J connectivity index is 1.64. The SMILES string of the molecule is CC(C)C(NC(=O)c1ccc(Cl)c(Cl)c1)C(=O)NN=Cc1ccccc1OCc1ccc(Cl)c(Cl)c1. The standard InChI is InChI=1S/C26H23Cl4N3O3/c1-15(2)24(32-25(34)17-8-10-20(28)22(30)12-17)26(35)33-31-13-18-5-3-4-6-23(18)36-14-16-7-9-19(27)21(29)11-16/h3-13,15,24H,14H2,1-2H3,(H,32,34)(H,33,35). The minimum absolute atomic E-state index is 0.200. The van der Waals surface area contributed by atoms with Crippen molar-refractivity contribution in [2.45, 2.75) is 26.5 Å². The van der Waals surface area contributed by atoms with Crippen molar-refractivity contribution in [1.82, 2.24) is 10.7 Å². The van der Waals surface area contributed by atoms with Crippen LogP contribution < -0.4 is 15.5 Å². The predicted octanol–water partition coefficient (Wildman–Crippen LogP) is 6.78.